The molecule has 1 aromatic heterocycles. The third-order valence-electron chi connectivity index (χ3n) is 9.22. The molecule has 49 heavy (non-hydrogen) atoms. The third kappa shape index (κ3) is 11.6. The van der Waals surface area contributed by atoms with Crippen molar-refractivity contribution >= 4 is 41.0 Å². The molecule has 1 aliphatic heterocycles. The number of carbonyl (C=O) groups is 5. The fourth-order valence-corrected chi connectivity index (χ4v) is 7.18. The van der Waals surface area contributed by atoms with Gasteiger partial charge in [-0.05, 0) is 57.2 Å². The third-order valence-corrected chi connectivity index (χ3v) is 10.2. The smallest absolute Gasteiger partial charge is 0.306 e. The lowest BCUT2D eigenvalue weighted by atomic mass is 9.95. The number of carbonyl (C=O) groups excluding carboxylic acids is 4. The molecular weight excluding hydrogens is 646 g/mol. The minimum absolute atomic E-state index is 0.0394. The van der Waals surface area contributed by atoms with Gasteiger partial charge in [-0.3, -0.25) is 28.9 Å². The Balaban J connectivity index is 1.76. The van der Waals surface area contributed by atoms with Gasteiger partial charge in [-0.25, -0.2) is 4.98 Å². The Hall–Kier alpha value is -3.84. The van der Waals surface area contributed by atoms with Gasteiger partial charge in [0, 0.05) is 37.9 Å². The summed E-state index contributed by atoms with van der Waals surface area (Å²) in [4.78, 5) is 72.4. The number of thiazole rings is 1. The van der Waals surface area contributed by atoms with Gasteiger partial charge < -0.3 is 25.4 Å². The Morgan fingerprint density at radius 3 is 2.37 bits per heavy atom. The number of aromatic nitrogens is 1. The van der Waals surface area contributed by atoms with Crippen molar-refractivity contribution in [2.75, 3.05) is 20.6 Å². The summed E-state index contributed by atoms with van der Waals surface area (Å²) in [6.07, 6.45) is 3.28. The second-order valence-corrected chi connectivity index (χ2v) is 14.4. The molecule has 0 spiro atoms. The lowest BCUT2D eigenvalue weighted by Gasteiger charge is -2.36. The van der Waals surface area contributed by atoms with Crippen LogP contribution in [0.25, 0.3) is 0 Å². The van der Waals surface area contributed by atoms with Gasteiger partial charge in [0.05, 0.1) is 12.0 Å². The summed E-state index contributed by atoms with van der Waals surface area (Å²) in [6.45, 7) is 9.56. The summed E-state index contributed by atoms with van der Waals surface area (Å²) >= 11 is 1.18. The first kappa shape index (κ1) is 39.6. The molecule has 1 aromatic carbocycles. The van der Waals surface area contributed by atoms with Crippen LogP contribution in [-0.4, -0.2) is 94.4 Å². The molecule has 2 heterocycles. The van der Waals surface area contributed by atoms with Gasteiger partial charge in [-0.2, -0.15) is 0 Å². The largest absolute Gasteiger partial charge is 0.481 e. The highest BCUT2D eigenvalue weighted by Crippen LogP contribution is 2.31. The Labute approximate surface area is 294 Å². The summed E-state index contributed by atoms with van der Waals surface area (Å²) < 4.78 is 5.72. The van der Waals surface area contributed by atoms with Gasteiger partial charge in [0.25, 0.3) is 5.91 Å². The highest BCUT2D eigenvalue weighted by Gasteiger charge is 2.35. The fourth-order valence-electron chi connectivity index (χ4n) is 6.34. The van der Waals surface area contributed by atoms with Crippen LogP contribution in [0.15, 0.2) is 35.7 Å². The maximum Gasteiger partial charge on any atom is 0.306 e. The van der Waals surface area contributed by atoms with Crippen LogP contribution in [0.1, 0.15) is 100 Å². The van der Waals surface area contributed by atoms with E-state index in [1.165, 1.54) is 18.3 Å². The average Bonchev–Trinajstić information content (AvgIpc) is 3.56. The second-order valence-electron chi connectivity index (χ2n) is 13.5. The molecule has 1 aliphatic rings. The van der Waals surface area contributed by atoms with Crippen LogP contribution >= 0.6 is 11.3 Å². The lowest BCUT2D eigenvalue weighted by Crippen LogP contribution is -2.55. The summed E-state index contributed by atoms with van der Waals surface area (Å²) in [5, 5.41) is 17.4. The summed E-state index contributed by atoms with van der Waals surface area (Å²) in [7, 11) is 3.63. The number of piperidine rings is 1. The van der Waals surface area contributed by atoms with E-state index in [1.54, 1.807) is 24.3 Å². The van der Waals surface area contributed by atoms with Crippen LogP contribution < -0.4 is 10.6 Å². The minimum atomic E-state index is -0.944. The topological polar surface area (TPSA) is 158 Å². The van der Waals surface area contributed by atoms with E-state index >= 15 is 0 Å². The maximum atomic E-state index is 13.8. The first-order valence-corrected chi connectivity index (χ1v) is 18.1. The van der Waals surface area contributed by atoms with E-state index in [-0.39, 0.29) is 48.4 Å². The number of nitrogens with one attached hydrogen (secondary N) is 2. The van der Waals surface area contributed by atoms with E-state index in [0.29, 0.717) is 17.8 Å². The molecule has 0 aliphatic carbocycles. The number of hydrogen-bond acceptors (Lipinski definition) is 9. The second kappa shape index (κ2) is 18.8. The summed E-state index contributed by atoms with van der Waals surface area (Å²) in [5.74, 6) is -3.01. The minimum Gasteiger partial charge on any atom is -0.481 e. The molecule has 6 atom stereocenters. The van der Waals surface area contributed by atoms with Crippen molar-refractivity contribution in [1.82, 2.24) is 25.4 Å². The van der Waals surface area contributed by atoms with E-state index in [2.05, 4.69) is 15.6 Å². The normalized spacial score (nSPS) is 18.1. The Morgan fingerprint density at radius 1 is 1.08 bits per heavy atom. The molecule has 0 radical (unpaired) electrons. The van der Waals surface area contributed by atoms with Crippen LogP contribution in [0.3, 0.4) is 0 Å². The molecular formula is C36H53N5O7S. The van der Waals surface area contributed by atoms with E-state index in [0.717, 1.165) is 31.4 Å². The van der Waals surface area contributed by atoms with Crippen molar-refractivity contribution in [1.29, 1.82) is 0 Å². The number of likely N-dealkylation sites (N-methyl/N-ethyl adjacent to an activating group) is 2. The van der Waals surface area contributed by atoms with Crippen molar-refractivity contribution in [2.45, 2.75) is 110 Å². The van der Waals surface area contributed by atoms with Crippen LogP contribution in [0.5, 0.6) is 0 Å². The molecule has 3 N–H and O–H groups in total. The first-order chi connectivity index (χ1) is 23.2. The molecule has 3 rings (SSSR count). The molecule has 0 unspecified atom stereocenters. The molecule has 12 nitrogen and oxygen atoms in total. The van der Waals surface area contributed by atoms with E-state index in [9.17, 15) is 29.1 Å². The van der Waals surface area contributed by atoms with Crippen LogP contribution in [0.2, 0.25) is 0 Å². The van der Waals surface area contributed by atoms with Gasteiger partial charge in [0.1, 0.15) is 16.7 Å². The van der Waals surface area contributed by atoms with Crippen molar-refractivity contribution < 1.29 is 33.8 Å². The zero-order valence-corrected chi connectivity index (χ0v) is 30.6. The predicted octanol–water partition coefficient (Wildman–Crippen LogP) is 4.45. The van der Waals surface area contributed by atoms with E-state index in [4.69, 9.17) is 4.74 Å². The Bertz CT molecular complexity index is 1420. The van der Waals surface area contributed by atoms with Crippen molar-refractivity contribution in [3.63, 3.8) is 0 Å². The van der Waals surface area contributed by atoms with Crippen molar-refractivity contribution in [2.24, 2.45) is 11.8 Å². The molecule has 1 saturated heterocycles. The highest BCUT2D eigenvalue weighted by molar-refractivity contribution is 7.09. The monoisotopic (exact) mass is 699 g/mol. The number of esters is 1. The van der Waals surface area contributed by atoms with Crippen molar-refractivity contribution in [3.05, 3.63) is 52.0 Å². The number of rotatable bonds is 17. The zero-order chi connectivity index (χ0) is 36.2. The Morgan fingerprint density at radius 2 is 1.78 bits per heavy atom. The van der Waals surface area contributed by atoms with E-state index in [1.807, 2.05) is 63.1 Å². The van der Waals surface area contributed by atoms with Crippen molar-refractivity contribution in [3.8, 4) is 0 Å². The number of hydrogen-bond donors (Lipinski definition) is 3. The van der Waals surface area contributed by atoms with Crippen LogP contribution in [0.4, 0.5) is 0 Å². The molecule has 0 bridgehead atoms. The lowest BCUT2D eigenvalue weighted by molar-refractivity contribution is -0.149. The molecule has 270 valence electrons. The molecule has 13 heteroatoms. The SMILES string of the molecule is CC[C@H](NC(=O)[C@H]1CCCCN1C)C(=O)N(C)[C@H](C[C@@H](OC(C)=O)c1nc(C(=O)N[C@@H](Cc2ccccc2)C[C@H](C)C(=O)O)cs1)C(C)C. The summed E-state index contributed by atoms with van der Waals surface area (Å²) in [5.41, 5.74) is 1.09. The molecule has 1 fully saturated rings. The first-order valence-electron chi connectivity index (χ1n) is 17.2. The quantitative estimate of drug-likeness (QED) is 0.203. The fraction of sp³-hybridized carbons (Fsp3) is 0.611. The predicted molar refractivity (Wildman–Crippen MR) is 188 cm³/mol. The highest BCUT2D eigenvalue weighted by atomic mass is 32.1. The zero-order valence-electron chi connectivity index (χ0n) is 29.8. The number of likely N-dealkylation sites (tertiary alicyclic amines) is 1. The van der Waals surface area contributed by atoms with Gasteiger partial charge in [-0.1, -0.05) is 64.4 Å². The summed E-state index contributed by atoms with van der Waals surface area (Å²) in [6, 6.07) is 7.72. The van der Waals surface area contributed by atoms with E-state index < -0.39 is 42.0 Å². The number of ether oxygens (including phenoxy) is 1. The number of aliphatic carboxylic acids is 1. The number of carboxylic acids is 1. The Kier molecular flexibility index (Phi) is 15.2. The van der Waals surface area contributed by atoms with Crippen LogP contribution in [0, 0.1) is 11.8 Å². The molecule has 2 aromatic rings. The number of nitrogens with zero attached hydrogens (tertiary/aromatic N) is 3. The van der Waals surface area contributed by atoms with Gasteiger partial charge in [0.15, 0.2) is 6.10 Å². The van der Waals surface area contributed by atoms with Gasteiger partial charge in [0.2, 0.25) is 11.8 Å². The van der Waals surface area contributed by atoms with Crippen LogP contribution in [-0.2, 0) is 30.3 Å². The standard InChI is InChI=1S/C36H53N5O7S/c1-8-27(38-33(44)29-16-12-13-17-40(29)6)35(45)41(7)30(22(2)3)20-31(48-24(5)42)34-39-28(21-49-34)32(43)37-26(18-23(4)36(46)47)19-25-14-10-9-11-15-25/h9-11,14-15,21-23,26-27,29-31H,8,12-13,16-20H2,1-7H3,(H,37,43)(H,38,44)(H,46,47)/t23-,26+,27-,29+,30+,31+/m0/s1. The average molecular weight is 700 g/mol. The van der Waals surface area contributed by atoms with Gasteiger partial charge >= 0.3 is 11.9 Å². The molecule has 0 saturated carbocycles. The van der Waals surface area contributed by atoms with Gasteiger partial charge in [-0.15, -0.1) is 11.3 Å². The molecule has 3 amide bonds. The maximum absolute atomic E-state index is 13.8. The number of benzene rings is 1. The number of amides is 3. The number of carboxylic acid groups (broad SMARTS) is 1.